The van der Waals surface area contributed by atoms with Crippen molar-refractivity contribution in [2.24, 2.45) is 11.1 Å². The Bertz CT molecular complexity index is 435. The Hall–Kier alpha value is -0.860. The van der Waals surface area contributed by atoms with E-state index in [4.69, 9.17) is 5.73 Å². The average molecular weight is 275 g/mol. The van der Waals surface area contributed by atoms with Crippen molar-refractivity contribution in [1.82, 2.24) is 0 Å². The van der Waals surface area contributed by atoms with Crippen LogP contribution in [-0.2, 0) is 0 Å². The molecule has 1 saturated carbocycles. The Morgan fingerprint density at radius 2 is 1.55 bits per heavy atom. The highest BCUT2D eigenvalue weighted by Gasteiger charge is 2.38. The quantitative estimate of drug-likeness (QED) is 0.821. The van der Waals surface area contributed by atoms with Crippen molar-refractivity contribution in [2.75, 3.05) is 6.54 Å². The van der Waals surface area contributed by atoms with Crippen molar-refractivity contribution in [3.63, 3.8) is 0 Å². The van der Waals surface area contributed by atoms with Crippen LogP contribution < -0.4 is 5.73 Å². The van der Waals surface area contributed by atoms with Gasteiger partial charge in [-0.05, 0) is 50.3 Å². The molecule has 2 heteroatoms. The first-order valence-electron chi connectivity index (χ1n) is 7.96. The maximum atomic E-state index is 11.1. The highest BCUT2D eigenvalue weighted by Crippen LogP contribution is 2.45. The van der Waals surface area contributed by atoms with Crippen molar-refractivity contribution in [3.05, 3.63) is 34.4 Å². The van der Waals surface area contributed by atoms with Crippen molar-refractivity contribution in [3.8, 4) is 0 Å². The summed E-state index contributed by atoms with van der Waals surface area (Å²) in [5.41, 5.74) is 10.8. The number of nitrogens with two attached hydrogens (primary N) is 1. The van der Waals surface area contributed by atoms with E-state index < -0.39 is 6.10 Å². The Morgan fingerprint density at radius 3 is 2.00 bits per heavy atom. The van der Waals surface area contributed by atoms with Crippen molar-refractivity contribution >= 4 is 0 Å². The summed E-state index contributed by atoms with van der Waals surface area (Å²) in [5.74, 6) is 0. The average Bonchev–Trinajstić information content (AvgIpc) is 2.63. The van der Waals surface area contributed by atoms with Gasteiger partial charge in [-0.25, -0.2) is 0 Å². The molecule has 2 nitrogen and oxygen atoms in total. The van der Waals surface area contributed by atoms with Gasteiger partial charge in [-0.3, -0.25) is 0 Å². The van der Waals surface area contributed by atoms with Crippen LogP contribution in [0.3, 0.4) is 0 Å². The van der Waals surface area contributed by atoms with Gasteiger partial charge in [-0.15, -0.1) is 0 Å². The summed E-state index contributed by atoms with van der Waals surface area (Å²) in [6.45, 7) is 6.92. The second-order valence-corrected chi connectivity index (χ2v) is 6.70. The molecule has 1 aromatic rings. The van der Waals surface area contributed by atoms with Crippen LogP contribution in [0.1, 0.15) is 66.9 Å². The first kappa shape index (κ1) is 15.5. The summed E-state index contributed by atoms with van der Waals surface area (Å²) >= 11 is 0. The molecule has 0 spiro atoms. The van der Waals surface area contributed by atoms with Crippen LogP contribution in [0, 0.1) is 26.2 Å². The number of rotatable bonds is 3. The molecule has 0 radical (unpaired) electrons. The highest BCUT2D eigenvalue weighted by atomic mass is 16.3. The van der Waals surface area contributed by atoms with E-state index in [1.165, 1.54) is 42.4 Å². The van der Waals surface area contributed by atoms with Gasteiger partial charge in [0.05, 0.1) is 6.10 Å². The van der Waals surface area contributed by atoms with E-state index in [0.29, 0.717) is 6.54 Å². The van der Waals surface area contributed by atoms with Gasteiger partial charge in [0, 0.05) is 12.0 Å². The number of aliphatic hydroxyl groups excluding tert-OH is 1. The van der Waals surface area contributed by atoms with Gasteiger partial charge in [-0.1, -0.05) is 43.4 Å². The van der Waals surface area contributed by atoms with Crippen molar-refractivity contribution in [2.45, 2.75) is 65.4 Å². The second kappa shape index (κ2) is 6.28. The topological polar surface area (TPSA) is 46.2 Å². The number of aryl methyl sites for hydroxylation is 3. The molecule has 0 amide bonds. The van der Waals surface area contributed by atoms with Gasteiger partial charge in [0.1, 0.15) is 0 Å². The van der Waals surface area contributed by atoms with Gasteiger partial charge in [-0.2, -0.15) is 0 Å². The molecule has 112 valence electrons. The van der Waals surface area contributed by atoms with E-state index in [9.17, 15) is 5.11 Å². The van der Waals surface area contributed by atoms with E-state index in [0.717, 1.165) is 18.4 Å². The zero-order chi connectivity index (χ0) is 14.8. The summed E-state index contributed by atoms with van der Waals surface area (Å²) in [4.78, 5) is 0. The lowest BCUT2D eigenvalue weighted by Crippen LogP contribution is -2.37. The third-order valence-electron chi connectivity index (χ3n) is 5.10. The minimum absolute atomic E-state index is 0.124. The van der Waals surface area contributed by atoms with Gasteiger partial charge in [0.15, 0.2) is 0 Å². The highest BCUT2D eigenvalue weighted by molar-refractivity contribution is 5.40. The lowest BCUT2D eigenvalue weighted by molar-refractivity contribution is 0.0158. The van der Waals surface area contributed by atoms with Crippen LogP contribution in [0.15, 0.2) is 12.1 Å². The molecule has 1 atom stereocenters. The van der Waals surface area contributed by atoms with Crippen LogP contribution in [0.4, 0.5) is 0 Å². The van der Waals surface area contributed by atoms with Crippen LogP contribution in [0.25, 0.3) is 0 Å². The molecule has 2 rings (SSSR count). The molecule has 1 aliphatic carbocycles. The molecule has 3 N–H and O–H groups in total. The SMILES string of the molecule is Cc1cc(C)c(C(O)C2(CN)CCCCCC2)c(C)c1. The zero-order valence-electron chi connectivity index (χ0n) is 13.2. The predicted octanol–water partition coefficient (Wildman–Crippen LogP) is 3.94. The smallest absolute Gasteiger partial charge is 0.0863 e. The van der Waals surface area contributed by atoms with E-state index >= 15 is 0 Å². The third kappa shape index (κ3) is 2.91. The second-order valence-electron chi connectivity index (χ2n) is 6.70. The number of hydrogen-bond donors (Lipinski definition) is 2. The molecule has 0 heterocycles. The minimum Gasteiger partial charge on any atom is -0.388 e. The fraction of sp³-hybridized carbons (Fsp3) is 0.667. The van der Waals surface area contributed by atoms with Gasteiger partial charge in [0.2, 0.25) is 0 Å². The van der Waals surface area contributed by atoms with Crippen molar-refractivity contribution < 1.29 is 5.11 Å². The molecule has 0 aromatic heterocycles. The predicted molar refractivity (Wildman–Crippen MR) is 84.8 cm³/mol. The van der Waals surface area contributed by atoms with Crippen LogP contribution in [0.2, 0.25) is 0 Å². The lowest BCUT2D eigenvalue weighted by Gasteiger charge is -2.38. The number of aliphatic hydroxyl groups is 1. The van der Waals surface area contributed by atoms with Gasteiger partial charge in [0.25, 0.3) is 0 Å². The van der Waals surface area contributed by atoms with E-state index in [-0.39, 0.29) is 5.41 Å². The first-order chi connectivity index (χ1) is 9.50. The Balaban J connectivity index is 2.40. The fourth-order valence-electron chi connectivity index (χ4n) is 3.95. The summed E-state index contributed by atoms with van der Waals surface area (Å²) in [6.07, 6.45) is 6.62. The molecular formula is C18H29NO. The Kier molecular flexibility index (Phi) is 4.87. The summed E-state index contributed by atoms with van der Waals surface area (Å²) < 4.78 is 0. The van der Waals surface area contributed by atoms with E-state index in [2.05, 4.69) is 32.9 Å². The van der Waals surface area contributed by atoms with Gasteiger partial charge >= 0.3 is 0 Å². The summed E-state index contributed by atoms with van der Waals surface area (Å²) in [5, 5.41) is 11.1. The van der Waals surface area contributed by atoms with Gasteiger partial charge < -0.3 is 10.8 Å². The summed E-state index contributed by atoms with van der Waals surface area (Å²) in [6, 6.07) is 4.35. The number of benzene rings is 1. The lowest BCUT2D eigenvalue weighted by atomic mass is 9.71. The Labute approximate surface area is 123 Å². The normalized spacial score (nSPS) is 20.4. The molecule has 0 saturated heterocycles. The first-order valence-corrected chi connectivity index (χ1v) is 7.96. The van der Waals surface area contributed by atoms with E-state index in [1.807, 2.05) is 0 Å². The monoisotopic (exact) mass is 275 g/mol. The molecule has 0 bridgehead atoms. The molecule has 1 unspecified atom stereocenters. The maximum Gasteiger partial charge on any atom is 0.0863 e. The van der Waals surface area contributed by atoms with Crippen molar-refractivity contribution in [1.29, 1.82) is 0 Å². The molecule has 1 aliphatic rings. The number of hydrogen-bond acceptors (Lipinski definition) is 2. The largest absolute Gasteiger partial charge is 0.388 e. The van der Waals surface area contributed by atoms with Crippen LogP contribution >= 0.6 is 0 Å². The third-order valence-corrected chi connectivity index (χ3v) is 5.10. The standard InChI is InChI=1S/C18H29NO/c1-13-10-14(2)16(15(3)11-13)17(20)18(12-19)8-6-4-5-7-9-18/h10-11,17,20H,4-9,12,19H2,1-3H3. The minimum atomic E-state index is -0.425. The summed E-state index contributed by atoms with van der Waals surface area (Å²) in [7, 11) is 0. The molecule has 0 aliphatic heterocycles. The Morgan fingerprint density at radius 1 is 1.05 bits per heavy atom. The van der Waals surface area contributed by atoms with Crippen LogP contribution in [0.5, 0.6) is 0 Å². The molecule has 1 aromatic carbocycles. The molecular weight excluding hydrogens is 246 g/mol. The molecule has 20 heavy (non-hydrogen) atoms. The fourth-order valence-corrected chi connectivity index (χ4v) is 3.95. The zero-order valence-corrected chi connectivity index (χ0v) is 13.2. The molecule has 1 fully saturated rings. The maximum absolute atomic E-state index is 11.1. The van der Waals surface area contributed by atoms with Crippen LogP contribution in [-0.4, -0.2) is 11.7 Å². The van der Waals surface area contributed by atoms with E-state index in [1.54, 1.807) is 0 Å².